The van der Waals surface area contributed by atoms with E-state index in [1.54, 1.807) is 13.2 Å². The number of carbonyl (C=O) groups excluding carboxylic acids is 1. The molecule has 0 saturated carbocycles. The molecule has 2 rings (SSSR count). The fourth-order valence-electron chi connectivity index (χ4n) is 2.59. The normalized spacial score (nSPS) is 14.9. The van der Waals surface area contributed by atoms with Crippen molar-refractivity contribution in [2.45, 2.75) is 0 Å². The van der Waals surface area contributed by atoms with Gasteiger partial charge in [-0.1, -0.05) is 11.6 Å². The topological polar surface area (TPSA) is 56.8 Å². The van der Waals surface area contributed by atoms with E-state index in [1.165, 1.54) is 0 Å². The molecule has 0 radical (unpaired) electrons. The summed E-state index contributed by atoms with van der Waals surface area (Å²) < 4.78 is 5.54. The summed E-state index contributed by atoms with van der Waals surface area (Å²) in [4.78, 5) is 16.7. The first-order valence-corrected chi connectivity index (χ1v) is 8.17. The maximum Gasteiger partial charge on any atom is 0.255 e. The Bertz CT molecular complexity index is 545. The number of ether oxygens (including phenoxy) is 1. The van der Waals surface area contributed by atoms with Crippen molar-refractivity contribution in [3.63, 3.8) is 0 Å². The van der Waals surface area contributed by atoms with E-state index in [-0.39, 0.29) is 5.91 Å². The lowest BCUT2D eigenvalue weighted by molar-refractivity contribution is 0.0948. The third kappa shape index (κ3) is 4.73. The predicted molar refractivity (Wildman–Crippen MR) is 94.0 cm³/mol. The van der Waals surface area contributed by atoms with Crippen LogP contribution in [0.15, 0.2) is 12.1 Å². The predicted octanol–water partition coefficient (Wildman–Crippen LogP) is 1.05. The Morgan fingerprint density at radius 1 is 1.39 bits per heavy atom. The maximum atomic E-state index is 12.5. The van der Waals surface area contributed by atoms with E-state index < -0.39 is 0 Å². The minimum absolute atomic E-state index is 0.164. The third-order valence-corrected chi connectivity index (χ3v) is 4.00. The van der Waals surface area contributed by atoms with Crippen LogP contribution in [0.2, 0.25) is 5.02 Å². The van der Waals surface area contributed by atoms with Gasteiger partial charge in [-0.2, -0.15) is 0 Å². The van der Waals surface area contributed by atoms with Gasteiger partial charge in [-0.3, -0.25) is 4.79 Å². The van der Waals surface area contributed by atoms with Crippen LogP contribution in [0, 0.1) is 0 Å². The molecule has 23 heavy (non-hydrogen) atoms. The molecule has 1 aliphatic rings. The van der Waals surface area contributed by atoms with Gasteiger partial charge in [-0.05, 0) is 26.2 Å². The smallest absolute Gasteiger partial charge is 0.255 e. The van der Waals surface area contributed by atoms with Gasteiger partial charge in [0.2, 0.25) is 0 Å². The summed E-state index contributed by atoms with van der Waals surface area (Å²) in [6.07, 6.45) is 0. The first kappa shape index (κ1) is 17.8. The van der Waals surface area contributed by atoms with E-state index in [9.17, 15) is 4.79 Å². The molecule has 1 saturated heterocycles. The van der Waals surface area contributed by atoms with Gasteiger partial charge in [0, 0.05) is 44.3 Å². The molecular weight excluding hydrogens is 316 g/mol. The molecular formula is C16H25ClN4O2. The summed E-state index contributed by atoms with van der Waals surface area (Å²) in [5.41, 5.74) is 1.35. The van der Waals surface area contributed by atoms with E-state index in [0.29, 0.717) is 22.9 Å². The van der Waals surface area contributed by atoms with E-state index in [1.807, 2.05) is 25.1 Å². The molecule has 0 atom stereocenters. The maximum absolute atomic E-state index is 12.5. The average molecular weight is 341 g/mol. The quantitative estimate of drug-likeness (QED) is 0.810. The lowest BCUT2D eigenvalue weighted by Gasteiger charge is -2.31. The van der Waals surface area contributed by atoms with Gasteiger partial charge in [0.05, 0.1) is 18.4 Å². The van der Waals surface area contributed by atoms with Crippen LogP contribution >= 0.6 is 11.6 Å². The number of carbonyl (C=O) groups is 1. The van der Waals surface area contributed by atoms with Crippen LogP contribution in [-0.4, -0.2) is 71.3 Å². The summed E-state index contributed by atoms with van der Waals surface area (Å²) in [6, 6.07) is 3.53. The highest BCUT2D eigenvalue weighted by atomic mass is 35.5. The van der Waals surface area contributed by atoms with Crippen LogP contribution in [0.5, 0.6) is 5.75 Å². The minimum atomic E-state index is -0.164. The number of nitrogens with zero attached hydrogens (tertiary/aromatic N) is 2. The van der Waals surface area contributed by atoms with Crippen LogP contribution < -0.4 is 20.3 Å². The Balaban J connectivity index is 2.24. The number of halogens is 1. The number of hydrogen-bond donors (Lipinski definition) is 2. The van der Waals surface area contributed by atoms with Crippen molar-refractivity contribution >= 4 is 23.2 Å². The Kier molecular flexibility index (Phi) is 6.50. The Hall–Kier alpha value is -1.50. The van der Waals surface area contributed by atoms with Crippen LogP contribution in [-0.2, 0) is 0 Å². The second-order valence-corrected chi connectivity index (χ2v) is 6.24. The molecule has 0 bridgehead atoms. The Morgan fingerprint density at radius 2 is 2.09 bits per heavy atom. The van der Waals surface area contributed by atoms with Gasteiger partial charge < -0.3 is 25.2 Å². The molecule has 128 valence electrons. The molecule has 1 fully saturated rings. The summed E-state index contributed by atoms with van der Waals surface area (Å²) in [5, 5.41) is 6.76. The number of piperazine rings is 1. The van der Waals surface area contributed by atoms with Crippen LogP contribution in [0.25, 0.3) is 0 Å². The number of anilines is 1. The molecule has 1 aromatic carbocycles. The molecule has 0 spiro atoms. The molecule has 0 aromatic heterocycles. The van der Waals surface area contributed by atoms with Crippen molar-refractivity contribution in [1.29, 1.82) is 0 Å². The number of hydrogen-bond acceptors (Lipinski definition) is 5. The number of likely N-dealkylation sites (N-methyl/N-ethyl adjacent to an activating group) is 1. The van der Waals surface area contributed by atoms with Crippen LogP contribution in [0.3, 0.4) is 0 Å². The largest absolute Gasteiger partial charge is 0.494 e. The van der Waals surface area contributed by atoms with Crippen LogP contribution in [0.1, 0.15) is 10.4 Å². The summed E-state index contributed by atoms with van der Waals surface area (Å²) in [6.45, 7) is 4.88. The van der Waals surface area contributed by atoms with E-state index >= 15 is 0 Å². The molecule has 2 N–H and O–H groups in total. The molecule has 0 unspecified atom stereocenters. The Morgan fingerprint density at radius 3 is 2.70 bits per heavy atom. The molecule has 1 aromatic rings. The molecule has 1 aliphatic heterocycles. The fraction of sp³-hybridized carbons (Fsp3) is 0.562. The fourth-order valence-corrected chi connectivity index (χ4v) is 2.80. The van der Waals surface area contributed by atoms with E-state index in [4.69, 9.17) is 16.3 Å². The SMILES string of the molecule is COc1c(C(=O)NCCN(C)C)cc(Cl)cc1N1CCNCC1. The summed E-state index contributed by atoms with van der Waals surface area (Å²) in [7, 11) is 5.52. The first-order chi connectivity index (χ1) is 11.0. The van der Waals surface area contributed by atoms with Crippen molar-refractivity contribution in [3.05, 3.63) is 22.7 Å². The second-order valence-electron chi connectivity index (χ2n) is 5.80. The zero-order valence-corrected chi connectivity index (χ0v) is 14.7. The van der Waals surface area contributed by atoms with Gasteiger partial charge in [0.1, 0.15) is 0 Å². The highest BCUT2D eigenvalue weighted by Gasteiger charge is 2.22. The monoisotopic (exact) mass is 340 g/mol. The molecule has 1 amide bonds. The second kappa shape index (κ2) is 8.38. The molecule has 0 aliphatic carbocycles. The number of benzene rings is 1. The van der Waals surface area contributed by atoms with Gasteiger partial charge in [-0.15, -0.1) is 0 Å². The molecule has 7 heteroatoms. The standard InChI is InChI=1S/C16H25ClN4O2/c1-20(2)7-6-19-16(22)13-10-12(17)11-14(15(13)23-3)21-8-4-18-5-9-21/h10-11,18H,4-9H2,1-3H3,(H,19,22). The number of amides is 1. The Labute approximate surface area is 142 Å². The average Bonchev–Trinajstić information content (AvgIpc) is 2.54. The first-order valence-electron chi connectivity index (χ1n) is 7.79. The lowest BCUT2D eigenvalue weighted by atomic mass is 10.1. The third-order valence-electron chi connectivity index (χ3n) is 3.79. The van der Waals surface area contributed by atoms with E-state index in [0.717, 1.165) is 38.4 Å². The van der Waals surface area contributed by atoms with Crippen molar-refractivity contribution in [2.24, 2.45) is 0 Å². The van der Waals surface area contributed by atoms with E-state index in [2.05, 4.69) is 15.5 Å². The number of nitrogens with one attached hydrogen (secondary N) is 2. The van der Waals surface area contributed by atoms with Crippen molar-refractivity contribution in [2.75, 3.05) is 65.4 Å². The van der Waals surface area contributed by atoms with Crippen molar-refractivity contribution in [1.82, 2.24) is 15.5 Å². The van der Waals surface area contributed by atoms with Gasteiger partial charge >= 0.3 is 0 Å². The highest BCUT2D eigenvalue weighted by Crippen LogP contribution is 2.35. The van der Waals surface area contributed by atoms with Crippen molar-refractivity contribution in [3.8, 4) is 5.75 Å². The molecule has 1 heterocycles. The van der Waals surface area contributed by atoms with Gasteiger partial charge in [0.25, 0.3) is 5.91 Å². The summed E-state index contributed by atoms with van der Waals surface area (Å²) >= 11 is 6.24. The van der Waals surface area contributed by atoms with Crippen molar-refractivity contribution < 1.29 is 9.53 Å². The van der Waals surface area contributed by atoms with Gasteiger partial charge in [-0.25, -0.2) is 0 Å². The summed E-state index contributed by atoms with van der Waals surface area (Å²) in [5.74, 6) is 0.418. The zero-order chi connectivity index (χ0) is 16.8. The lowest BCUT2D eigenvalue weighted by Crippen LogP contribution is -2.43. The number of rotatable bonds is 6. The minimum Gasteiger partial charge on any atom is -0.494 e. The van der Waals surface area contributed by atoms with Crippen LogP contribution in [0.4, 0.5) is 5.69 Å². The molecule has 6 nitrogen and oxygen atoms in total. The van der Waals surface area contributed by atoms with Gasteiger partial charge in [0.15, 0.2) is 5.75 Å². The highest BCUT2D eigenvalue weighted by molar-refractivity contribution is 6.31. The zero-order valence-electron chi connectivity index (χ0n) is 14.0. The number of methoxy groups -OCH3 is 1.